The molecule has 2 heterocycles. The lowest BCUT2D eigenvalue weighted by atomic mass is 10.0. The monoisotopic (exact) mass is 237 g/mol. The highest BCUT2D eigenvalue weighted by atomic mass is 19.1. The van der Waals surface area contributed by atoms with Gasteiger partial charge in [-0.2, -0.15) is 5.06 Å². The van der Waals surface area contributed by atoms with E-state index in [0.717, 1.165) is 5.06 Å². The average Bonchev–Trinajstić information content (AvgIpc) is 2.80. The summed E-state index contributed by atoms with van der Waals surface area (Å²) in [7, 11) is 0. The van der Waals surface area contributed by atoms with Gasteiger partial charge < -0.3 is 14.9 Å². The Labute approximate surface area is 96.8 Å². The van der Waals surface area contributed by atoms with Crippen molar-refractivity contribution in [2.75, 3.05) is 19.8 Å². The predicted octanol–water partition coefficient (Wildman–Crippen LogP) is 1.46. The second-order valence-corrected chi connectivity index (χ2v) is 4.02. The maximum Gasteiger partial charge on any atom is 0.155 e. The van der Waals surface area contributed by atoms with Crippen molar-refractivity contribution >= 4 is 11.0 Å². The highest BCUT2D eigenvalue weighted by molar-refractivity contribution is 5.76. The van der Waals surface area contributed by atoms with Crippen LogP contribution in [0.15, 0.2) is 18.5 Å². The van der Waals surface area contributed by atoms with Crippen molar-refractivity contribution in [1.29, 1.82) is 0 Å². The number of aromatic amines is 1. The molecule has 0 amide bonds. The van der Waals surface area contributed by atoms with Crippen LogP contribution in [0.1, 0.15) is 11.6 Å². The first kappa shape index (κ1) is 10.6. The number of hydroxylamine groups is 2. The minimum Gasteiger partial charge on any atom is -0.378 e. The summed E-state index contributed by atoms with van der Waals surface area (Å²) in [4.78, 5) is 6.77. The summed E-state index contributed by atoms with van der Waals surface area (Å²) in [5, 5.41) is 10.8. The summed E-state index contributed by atoms with van der Waals surface area (Å²) in [6, 6.07) is 2.94. The van der Waals surface area contributed by atoms with Crippen LogP contribution in [0.5, 0.6) is 0 Å². The van der Waals surface area contributed by atoms with E-state index < -0.39 is 11.9 Å². The number of nitrogens with zero attached hydrogens (tertiary/aromatic N) is 2. The first-order chi connectivity index (χ1) is 8.27. The van der Waals surface area contributed by atoms with Gasteiger partial charge >= 0.3 is 0 Å². The summed E-state index contributed by atoms with van der Waals surface area (Å²) < 4.78 is 19.4. The Morgan fingerprint density at radius 2 is 2.41 bits per heavy atom. The van der Waals surface area contributed by atoms with Crippen molar-refractivity contribution < 1.29 is 14.3 Å². The number of hydrogen-bond acceptors (Lipinski definition) is 4. The van der Waals surface area contributed by atoms with Crippen LogP contribution in [0.3, 0.4) is 0 Å². The first-order valence-corrected chi connectivity index (χ1v) is 5.42. The Hall–Kier alpha value is -1.50. The van der Waals surface area contributed by atoms with Crippen molar-refractivity contribution in [2.45, 2.75) is 6.04 Å². The number of imidazole rings is 1. The van der Waals surface area contributed by atoms with Crippen LogP contribution >= 0.6 is 0 Å². The van der Waals surface area contributed by atoms with Crippen molar-refractivity contribution in [3.8, 4) is 0 Å². The third-order valence-electron chi connectivity index (χ3n) is 3.02. The molecule has 1 atom stereocenters. The average molecular weight is 237 g/mol. The van der Waals surface area contributed by atoms with Crippen molar-refractivity contribution in [3.05, 3.63) is 29.8 Å². The molecule has 0 saturated carbocycles. The van der Waals surface area contributed by atoms with Crippen LogP contribution in [0, 0.1) is 5.82 Å². The van der Waals surface area contributed by atoms with E-state index in [1.54, 1.807) is 12.1 Å². The van der Waals surface area contributed by atoms with Crippen LogP contribution in [-0.4, -0.2) is 40.0 Å². The van der Waals surface area contributed by atoms with Gasteiger partial charge in [-0.05, 0) is 6.07 Å². The number of nitrogens with one attached hydrogen (secondary N) is 1. The molecule has 1 fully saturated rings. The number of halogens is 1. The molecule has 5 nitrogen and oxygen atoms in total. The number of fused-ring (bicyclic) bond motifs is 1. The summed E-state index contributed by atoms with van der Waals surface area (Å²) in [6.07, 6.45) is 1.45. The molecule has 1 aliphatic rings. The number of benzene rings is 1. The van der Waals surface area contributed by atoms with E-state index in [2.05, 4.69) is 9.97 Å². The lowest BCUT2D eigenvalue weighted by Gasteiger charge is -2.30. The molecule has 6 heteroatoms. The maximum atomic E-state index is 14.2. The number of hydrogen-bond donors (Lipinski definition) is 2. The summed E-state index contributed by atoms with van der Waals surface area (Å²) >= 11 is 0. The van der Waals surface area contributed by atoms with E-state index in [-0.39, 0.29) is 6.61 Å². The van der Waals surface area contributed by atoms with Gasteiger partial charge in [-0.3, -0.25) is 0 Å². The summed E-state index contributed by atoms with van der Waals surface area (Å²) in [5.74, 6) is -0.404. The fourth-order valence-electron chi connectivity index (χ4n) is 2.09. The second-order valence-electron chi connectivity index (χ2n) is 4.02. The minimum absolute atomic E-state index is 0.281. The van der Waals surface area contributed by atoms with Gasteiger partial charge in [-0.25, -0.2) is 9.37 Å². The molecule has 1 aromatic heterocycles. The van der Waals surface area contributed by atoms with Crippen molar-refractivity contribution in [2.24, 2.45) is 0 Å². The number of aromatic nitrogens is 2. The van der Waals surface area contributed by atoms with Crippen LogP contribution < -0.4 is 0 Å². The smallest absolute Gasteiger partial charge is 0.155 e. The molecule has 0 bridgehead atoms. The largest absolute Gasteiger partial charge is 0.378 e. The van der Waals surface area contributed by atoms with Crippen LogP contribution in [-0.2, 0) is 4.74 Å². The molecule has 1 saturated heterocycles. The molecule has 0 spiro atoms. The number of rotatable bonds is 1. The highest BCUT2D eigenvalue weighted by Crippen LogP contribution is 2.28. The molecule has 90 valence electrons. The van der Waals surface area contributed by atoms with E-state index in [0.29, 0.717) is 29.7 Å². The standard InChI is InChI=1S/C11H12FN3O2/c12-10-7(9-5-17-4-3-15(9)16)1-2-8-11(10)14-6-13-8/h1-2,6,9,16H,3-5H2,(H,13,14). The molecule has 17 heavy (non-hydrogen) atoms. The zero-order valence-electron chi connectivity index (χ0n) is 9.06. The number of ether oxygens (including phenoxy) is 1. The molecule has 1 aromatic carbocycles. The SMILES string of the molecule is ON1CCOCC1c1ccc2[nH]cnc2c1F. The number of morpholine rings is 1. The number of H-pyrrole nitrogens is 1. The van der Waals surface area contributed by atoms with E-state index in [9.17, 15) is 9.60 Å². The Morgan fingerprint density at radius 1 is 1.53 bits per heavy atom. The van der Waals surface area contributed by atoms with Crippen LogP contribution in [0.25, 0.3) is 11.0 Å². The van der Waals surface area contributed by atoms with Gasteiger partial charge in [0.1, 0.15) is 5.52 Å². The molecule has 0 radical (unpaired) electrons. The Kier molecular flexibility index (Phi) is 2.54. The van der Waals surface area contributed by atoms with Gasteiger partial charge in [-0.15, -0.1) is 0 Å². The zero-order chi connectivity index (χ0) is 11.8. The van der Waals surface area contributed by atoms with Crippen molar-refractivity contribution in [3.63, 3.8) is 0 Å². The molecule has 1 aliphatic heterocycles. The van der Waals surface area contributed by atoms with Crippen LogP contribution in [0.4, 0.5) is 4.39 Å². The lowest BCUT2D eigenvalue weighted by Crippen LogP contribution is -2.37. The topological polar surface area (TPSA) is 61.4 Å². The Bertz CT molecular complexity index is 542. The normalized spacial score (nSPS) is 22.1. The van der Waals surface area contributed by atoms with E-state index in [1.165, 1.54) is 6.33 Å². The van der Waals surface area contributed by atoms with E-state index in [4.69, 9.17) is 4.74 Å². The molecule has 0 aliphatic carbocycles. The summed E-state index contributed by atoms with van der Waals surface area (Å²) in [6.45, 7) is 1.12. The molecule has 1 unspecified atom stereocenters. The fraction of sp³-hybridized carbons (Fsp3) is 0.364. The zero-order valence-corrected chi connectivity index (χ0v) is 9.06. The lowest BCUT2D eigenvalue weighted by molar-refractivity contribution is -0.183. The first-order valence-electron chi connectivity index (χ1n) is 5.42. The molecule has 2 N–H and O–H groups in total. The van der Waals surface area contributed by atoms with Crippen molar-refractivity contribution in [1.82, 2.24) is 15.0 Å². The van der Waals surface area contributed by atoms with E-state index in [1.807, 2.05) is 0 Å². The fourth-order valence-corrected chi connectivity index (χ4v) is 2.09. The third kappa shape index (κ3) is 1.70. The minimum atomic E-state index is -0.468. The molecule has 3 rings (SSSR count). The van der Waals surface area contributed by atoms with Gasteiger partial charge in [-0.1, -0.05) is 6.07 Å². The van der Waals surface area contributed by atoms with E-state index >= 15 is 0 Å². The molecule has 2 aromatic rings. The Morgan fingerprint density at radius 3 is 3.24 bits per heavy atom. The molecular weight excluding hydrogens is 225 g/mol. The predicted molar refractivity (Wildman–Crippen MR) is 58.1 cm³/mol. The van der Waals surface area contributed by atoms with Gasteiger partial charge in [0.2, 0.25) is 0 Å². The van der Waals surface area contributed by atoms with Gasteiger partial charge in [0.05, 0.1) is 31.1 Å². The maximum absolute atomic E-state index is 14.2. The van der Waals surface area contributed by atoms with Gasteiger partial charge in [0.15, 0.2) is 5.82 Å². The van der Waals surface area contributed by atoms with Gasteiger partial charge in [0, 0.05) is 12.1 Å². The van der Waals surface area contributed by atoms with Crippen LogP contribution in [0.2, 0.25) is 0 Å². The third-order valence-corrected chi connectivity index (χ3v) is 3.02. The molecular formula is C11H12FN3O2. The van der Waals surface area contributed by atoms with Gasteiger partial charge in [0.25, 0.3) is 0 Å². The second kappa shape index (κ2) is 4.06. The summed E-state index contributed by atoms with van der Waals surface area (Å²) in [5.41, 5.74) is 1.35. The quantitative estimate of drug-likeness (QED) is 0.788. The highest BCUT2D eigenvalue weighted by Gasteiger charge is 2.26. The Balaban J connectivity index is 2.06.